The molecule has 0 aromatic rings. The fraction of sp³-hybridized carbons (Fsp3) is 1.00. The van der Waals surface area contributed by atoms with Crippen molar-refractivity contribution in [3.05, 3.63) is 0 Å². The van der Waals surface area contributed by atoms with Gasteiger partial charge in [0.05, 0.1) is 0 Å². The Morgan fingerprint density at radius 2 is 1.11 bits per heavy atom. The Bertz CT molecular complexity index is 504. The average Bonchev–Trinajstić information content (AvgIpc) is 3.08. The molecule has 6 nitrogen and oxygen atoms in total. The number of hydrogen-bond donors (Lipinski definition) is 2. The first kappa shape index (κ1) is 15.2. The van der Waals surface area contributed by atoms with Gasteiger partial charge in [-0.15, -0.1) is 0 Å². The van der Waals surface area contributed by atoms with Crippen molar-refractivity contribution in [1.29, 1.82) is 0 Å². The van der Waals surface area contributed by atoms with E-state index < -0.39 is 36.2 Å². The zero-order valence-electron chi connectivity index (χ0n) is 11.0. The summed E-state index contributed by atoms with van der Waals surface area (Å²) in [4.78, 5) is 0. The predicted octanol–water partition coefficient (Wildman–Crippen LogP) is 1.55. The Labute approximate surface area is 114 Å². The van der Waals surface area contributed by atoms with Crippen LogP contribution >= 0.6 is 0 Å². The highest BCUT2D eigenvalue weighted by Gasteiger charge is 2.66. The quantitative estimate of drug-likeness (QED) is 0.720. The first-order valence-electron chi connectivity index (χ1n) is 6.47. The van der Waals surface area contributed by atoms with E-state index in [9.17, 15) is 25.9 Å². The van der Waals surface area contributed by atoms with Crippen LogP contribution in [0.5, 0.6) is 0 Å². The molecule has 0 heterocycles. The van der Waals surface area contributed by atoms with Gasteiger partial charge >= 0.3 is 0 Å². The third kappa shape index (κ3) is 2.32. The van der Waals surface area contributed by atoms with E-state index in [0.29, 0.717) is 0 Å². The van der Waals surface area contributed by atoms with Crippen molar-refractivity contribution >= 4 is 20.2 Å². The zero-order valence-corrected chi connectivity index (χ0v) is 12.6. The van der Waals surface area contributed by atoms with E-state index in [2.05, 4.69) is 0 Å². The average molecular weight is 312 g/mol. The van der Waals surface area contributed by atoms with Gasteiger partial charge in [-0.05, 0) is 49.4 Å². The van der Waals surface area contributed by atoms with Crippen molar-refractivity contribution in [3.63, 3.8) is 0 Å². The monoisotopic (exact) mass is 312 g/mol. The van der Waals surface area contributed by atoms with E-state index in [0.717, 1.165) is 25.7 Å². The highest BCUT2D eigenvalue weighted by atomic mass is 32.3. The summed E-state index contributed by atoms with van der Waals surface area (Å²) in [5.74, 6) is -1.78. The Hall–Kier alpha value is -0.180. The molecule has 2 atom stereocenters. The van der Waals surface area contributed by atoms with Crippen LogP contribution in [0.4, 0.5) is 0 Å². The first-order valence-corrected chi connectivity index (χ1v) is 9.35. The van der Waals surface area contributed by atoms with E-state index in [1.165, 1.54) is 13.8 Å². The van der Waals surface area contributed by atoms with Crippen molar-refractivity contribution in [3.8, 4) is 0 Å². The molecule has 0 saturated heterocycles. The third-order valence-corrected chi connectivity index (χ3v) is 9.10. The molecule has 2 aliphatic rings. The van der Waals surface area contributed by atoms with Gasteiger partial charge in [0.1, 0.15) is 0 Å². The van der Waals surface area contributed by atoms with E-state index >= 15 is 0 Å². The standard InChI is InChI=1S/C11H20O6S2/c1-7(9-3-4-9)11(18(12,13)14,19(15,16)17)8(2)10-5-6-10/h7-10H,3-6H2,1-2H3,(H,12,13,14)(H,15,16,17). The van der Waals surface area contributed by atoms with Crippen LogP contribution in [-0.4, -0.2) is 30.0 Å². The zero-order chi connectivity index (χ0) is 14.6. The van der Waals surface area contributed by atoms with Crippen molar-refractivity contribution in [2.45, 2.75) is 43.6 Å². The van der Waals surface area contributed by atoms with Crippen molar-refractivity contribution in [2.75, 3.05) is 0 Å². The van der Waals surface area contributed by atoms with Crippen LogP contribution in [0.3, 0.4) is 0 Å². The maximum absolute atomic E-state index is 11.9. The molecule has 0 aliphatic heterocycles. The van der Waals surface area contributed by atoms with Gasteiger partial charge in [-0.1, -0.05) is 13.8 Å². The molecule has 8 heteroatoms. The summed E-state index contributed by atoms with van der Waals surface area (Å²) in [6.45, 7) is 3.00. The Morgan fingerprint density at radius 3 is 1.26 bits per heavy atom. The summed E-state index contributed by atoms with van der Waals surface area (Å²) in [7, 11) is -9.86. The molecule has 0 aromatic heterocycles. The SMILES string of the molecule is CC(C1CC1)C(C(C)C1CC1)(S(=O)(=O)O)S(=O)(=O)O. The molecule has 0 bridgehead atoms. The summed E-state index contributed by atoms with van der Waals surface area (Å²) >= 11 is 0. The molecule has 2 unspecified atom stereocenters. The van der Waals surface area contributed by atoms with Crippen LogP contribution in [0.25, 0.3) is 0 Å². The normalized spacial score (nSPS) is 25.1. The van der Waals surface area contributed by atoms with Crippen LogP contribution in [0, 0.1) is 23.7 Å². The van der Waals surface area contributed by atoms with Crippen molar-refractivity contribution < 1.29 is 25.9 Å². The second-order valence-corrected chi connectivity index (χ2v) is 9.43. The molecule has 2 aliphatic carbocycles. The van der Waals surface area contributed by atoms with Gasteiger partial charge in [0, 0.05) is 0 Å². The van der Waals surface area contributed by atoms with Crippen LogP contribution in [0.2, 0.25) is 0 Å². The van der Waals surface area contributed by atoms with Gasteiger partial charge < -0.3 is 0 Å². The molecule has 0 radical (unpaired) electrons. The smallest absolute Gasteiger partial charge is 0.284 e. The lowest BCUT2D eigenvalue weighted by molar-refractivity contribution is 0.270. The summed E-state index contributed by atoms with van der Waals surface area (Å²) in [6, 6.07) is 0. The molecular formula is C11H20O6S2. The lowest BCUT2D eigenvalue weighted by Gasteiger charge is -2.38. The summed E-state index contributed by atoms with van der Waals surface area (Å²) < 4.78 is 64.2. The van der Waals surface area contributed by atoms with E-state index in [4.69, 9.17) is 0 Å². The molecule has 19 heavy (non-hydrogen) atoms. The van der Waals surface area contributed by atoms with Crippen LogP contribution in [0.1, 0.15) is 39.5 Å². The van der Waals surface area contributed by atoms with Crippen LogP contribution in [0.15, 0.2) is 0 Å². The molecule has 2 rings (SSSR count). The van der Waals surface area contributed by atoms with Gasteiger partial charge in [0.2, 0.25) is 4.08 Å². The minimum Gasteiger partial charge on any atom is -0.284 e. The topological polar surface area (TPSA) is 109 Å². The molecule has 2 saturated carbocycles. The predicted molar refractivity (Wildman–Crippen MR) is 69.6 cm³/mol. The van der Waals surface area contributed by atoms with Gasteiger partial charge in [-0.2, -0.15) is 16.8 Å². The first-order chi connectivity index (χ1) is 8.53. The maximum Gasteiger partial charge on any atom is 0.288 e. The maximum atomic E-state index is 11.9. The molecule has 2 N–H and O–H groups in total. The number of hydrogen-bond acceptors (Lipinski definition) is 4. The van der Waals surface area contributed by atoms with Gasteiger partial charge in [-0.25, -0.2) is 0 Å². The van der Waals surface area contributed by atoms with Crippen molar-refractivity contribution in [2.24, 2.45) is 23.7 Å². The molecule has 2 fully saturated rings. The summed E-state index contributed by atoms with van der Waals surface area (Å²) in [6.07, 6.45) is 2.91. The second kappa shape index (κ2) is 4.41. The van der Waals surface area contributed by atoms with Crippen LogP contribution in [-0.2, 0) is 20.2 Å². The minimum atomic E-state index is -4.93. The fourth-order valence-electron chi connectivity index (χ4n) is 3.34. The molecule has 112 valence electrons. The molecule has 0 spiro atoms. The Morgan fingerprint density at radius 1 is 0.842 bits per heavy atom. The largest absolute Gasteiger partial charge is 0.288 e. The molecular weight excluding hydrogens is 292 g/mol. The third-order valence-electron chi connectivity index (χ3n) is 4.73. The highest BCUT2D eigenvalue weighted by Crippen LogP contribution is 2.55. The van der Waals surface area contributed by atoms with E-state index in [1.807, 2.05) is 0 Å². The van der Waals surface area contributed by atoms with Gasteiger partial charge in [-0.3, -0.25) is 9.11 Å². The van der Waals surface area contributed by atoms with Crippen LogP contribution < -0.4 is 0 Å². The lowest BCUT2D eigenvalue weighted by Crippen LogP contribution is -2.57. The van der Waals surface area contributed by atoms with Gasteiger partial charge in [0.15, 0.2) is 0 Å². The van der Waals surface area contributed by atoms with E-state index in [-0.39, 0.29) is 11.8 Å². The number of rotatable bonds is 6. The Kier molecular flexibility index (Phi) is 3.53. The highest BCUT2D eigenvalue weighted by molar-refractivity contribution is 8.05. The minimum absolute atomic E-state index is 0.0787. The van der Waals surface area contributed by atoms with Gasteiger partial charge in [0.25, 0.3) is 20.2 Å². The summed E-state index contributed by atoms with van der Waals surface area (Å²) in [5, 5.41) is 0. The summed E-state index contributed by atoms with van der Waals surface area (Å²) in [5.41, 5.74) is 0. The van der Waals surface area contributed by atoms with Crippen molar-refractivity contribution in [1.82, 2.24) is 0 Å². The fourth-order valence-corrected chi connectivity index (χ4v) is 7.05. The lowest BCUT2D eigenvalue weighted by atomic mass is 9.89. The molecule has 0 amide bonds. The second-order valence-electron chi connectivity index (χ2n) is 5.92. The van der Waals surface area contributed by atoms with E-state index in [1.54, 1.807) is 0 Å². The Balaban J connectivity index is 2.62. The molecule has 0 aromatic carbocycles.